The molecule has 6 heteroatoms. The molecule has 0 aliphatic rings. The highest BCUT2D eigenvalue weighted by atomic mass is 79.9. The van der Waals surface area contributed by atoms with E-state index in [1.165, 1.54) is 4.57 Å². The number of hydrogen-bond donors (Lipinski definition) is 1. The summed E-state index contributed by atoms with van der Waals surface area (Å²) >= 11 is 8.72. The molecule has 0 saturated heterocycles. The first-order valence-electron chi connectivity index (χ1n) is 6.78. The molecule has 0 unspecified atom stereocenters. The van der Waals surface area contributed by atoms with Crippen LogP contribution in [0.4, 0.5) is 0 Å². The van der Waals surface area contributed by atoms with Gasteiger partial charge in [-0.25, -0.2) is 0 Å². The van der Waals surface area contributed by atoms with Crippen molar-refractivity contribution in [2.45, 2.75) is 6.92 Å². The van der Waals surface area contributed by atoms with E-state index in [1.807, 2.05) is 43.3 Å². The zero-order valence-corrected chi connectivity index (χ0v) is 14.2. The third-order valence-corrected chi connectivity index (χ3v) is 4.04. The van der Waals surface area contributed by atoms with Crippen LogP contribution in [0.25, 0.3) is 16.6 Å². The molecule has 1 N–H and O–H groups in total. The van der Waals surface area contributed by atoms with Gasteiger partial charge in [0.2, 0.25) is 0 Å². The van der Waals surface area contributed by atoms with E-state index in [0.717, 1.165) is 15.7 Å². The fourth-order valence-corrected chi connectivity index (χ4v) is 2.94. The second-order valence-electron chi connectivity index (χ2n) is 4.69. The number of nitrogens with one attached hydrogen (secondary N) is 1. The number of halogens is 1. The Hall–Kier alpha value is -1.92. The van der Waals surface area contributed by atoms with Crippen molar-refractivity contribution < 1.29 is 4.74 Å². The number of aromatic nitrogens is 2. The molecule has 1 aromatic heterocycles. The van der Waals surface area contributed by atoms with Gasteiger partial charge in [-0.05, 0) is 61.6 Å². The lowest BCUT2D eigenvalue weighted by Gasteiger charge is -2.09. The number of benzene rings is 2. The lowest BCUT2D eigenvalue weighted by Crippen LogP contribution is -2.20. The molecule has 2 aromatic carbocycles. The molecule has 0 atom stereocenters. The zero-order chi connectivity index (χ0) is 15.7. The molecule has 3 rings (SSSR count). The van der Waals surface area contributed by atoms with Gasteiger partial charge in [0.25, 0.3) is 5.56 Å². The van der Waals surface area contributed by atoms with Crippen LogP contribution in [0.15, 0.2) is 51.7 Å². The maximum absolute atomic E-state index is 12.7. The predicted octanol–water partition coefficient (Wildman–Crippen LogP) is 4.21. The standard InChI is InChI=1S/C16H13BrN2O2S/c1-2-21-12-6-4-11(5-7-12)19-15(20)13-9-10(17)3-8-14(13)18-16(19)22/h3-9H,2H2,1H3,(H,18,22). The second kappa shape index (κ2) is 6.06. The van der Waals surface area contributed by atoms with Crippen molar-refractivity contribution in [3.8, 4) is 11.4 Å². The van der Waals surface area contributed by atoms with Crippen LogP contribution >= 0.6 is 28.1 Å². The third-order valence-electron chi connectivity index (χ3n) is 3.27. The molecule has 0 bridgehead atoms. The number of nitrogens with zero attached hydrogens (tertiary/aromatic N) is 1. The molecule has 0 amide bonds. The van der Waals surface area contributed by atoms with Gasteiger partial charge in [0, 0.05) is 4.47 Å². The number of aromatic amines is 1. The van der Waals surface area contributed by atoms with Crippen LogP contribution in [-0.2, 0) is 0 Å². The van der Waals surface area contributed by atoms with Gasteiger partial charge in [-0.3, -0.25) is 9.36 Å². The lowest BCUT2D eigenvalue weighted by atomic mass is 10.2. The van der Waals surface area contributed by atoms with Crippen molar-refractivity contribution in [3.63, 3.8) is 0 Å². The van der Waals surface area contributed by atoms with Gasteiger partial charge in [0.15, 0.2) is 4.77 Å². The first kappa shape index (κ1) is 15.0. The SMILES string of the molecule is CCOc1ccc(-n2c(=S)[nH]c3ccc(Br)cc3c2=O)cc1. The van der Waals surface area contributed by atoms with Crippen LogP contribution < -0.4 is 10.3 Å². The van der Waals surface area contributed by atoms with Gasteiger partial charge >= 0.3 is 0 Å². The first-order chi connectivity index (χ1) is 10.6. The average molecular weight is 377 g/mol. The van der Waals surface area contributed by atoms with Crippen molar-refractivity contribution in [2.75, 3.05) is 6.61 Å². The van der Waals surface area contributed by atoms with E-state index < -0.39 is 0 Å². The minimum Gasteiger partial charge on any atom is -0.494 e. The Kier molecular flexibility index (Phi) is 4.13. The summed E-state index contributed by atoms with van der Waals surface area (Å²) in [6, 6.07) is 12.8. The van der Waals surface area contributed by atoms with Gasteiger partial charge in [0.1, 0.15) is 5.75 Å². The quantitative estimate of drug-likeness (QED) is 0.696. The summed E-state index contributed by atoms with van der Waals surface area (Å²) in [5, 5.41) is 0.580. The summed E-state index contributed by atoms with van der Waals surface area (Å²) in [5.74, 6) is 0.762. The number of fused-ring (bicyclic) bond motifs is 1. The number of hydrogen-bond acceptors (Lipinski definition) is 3. The molecule has 3 aromatic rings. The van der Waals surface area contributed by atoms with Gasteiger partial charge < -0.3 is 9.72 Å². The monoisotopic (exact) mass is 376 g/mol. The van der Waals surface area contributed by atoms with Crippen molar-refractivity contribution in [3.05, 3.63) is 62.1 Å². The smallest absolute Gasteiger partial charge is 0.266 e. The summed E-state index contributed by atoms with van der Waals surface area (Å²) in [5.41, 5.74) is 1.28. The number of H-pyrrole nitrogens is 1. The van der Waals surface area contributed by atoms with Crippen molar-refractivity contribution >= 4 is 39.1 Å². The van der Waals surface area contributed by atoms with Crippen LogP contribution in [0, 0.1) is 4.77 Å². The lowest BCUT2D eigenvalue weighted by molar-refractivity contribution is 0.340. The van der Waals surface area contributed by atoms with Crippen molar-refractivity contribution in [1.29, 1.82) is 0 Å². The maximum Gasteiger partial charge on any atom is 0.266 e. The summed E-state index contributed by atoms with van der Waals surface area (Å²) in [6.45, 7) is 2.53. The van der Waals surface area contributed by atoms with Gasteiger partial charge in [0.05, 0.1) is 23.2 Å². The minimum absolute atomic E-state index is 0.149. The fraction of sp³-hybridized carbons (Fsp3) is 0.125. The highest BCUT2D eigenvalue weighted by Gasteiger charge is 2.08. The molecule has 22 heavy (non-hydrogen) atoms. The molecule has 0 radical (unpaired) electrons. The maximum atomic E-state index is 12.7. The molecule has 0 aliphatic heterocycles. The highest BCUT2D eigenvalue weighted by molar-refractivity contribution is 9.10. The molecule has 0 saturated carbocycles. The number of ether oxygens (including phenoxy) is 1. The van der Waals surface area contributed by atoms with Crippen LogP contribution in [0.1, 0.15) is 6.92 Å². The Morgan fingerprint density at radius 3 is 2.64 bits per heavy atom. The average Bonchev–Trinajstić information content (AvgIpc) is 2.50. The van der Waals surface area contributed by atoms with E-state index in [-0.39, 0.29) is 5.56 Å². The Balaban J connectivity index is 2.22. The second-order valence-corrected chi connectivity index (χ2v) is 5.99. The molecule has 112 valence electrons. The molecular weight excluding hydrogens is 364 g/mol. The summed E-state index contributed by atoms with van der Waals surface area (Å²) < 4.78 is 8.11. The molecule has 0 fully saturated rings. The highest BCUT2D eigenvalue weighted by Crippen LogP contribution is 2.18. The molecule has 1 heterocycles. The van der Waals surface area contributed by atoms with Crippen molar-refractivity contribution in [1.82, 2.24) is 9.55 Å². The Morgan fingerprint density at radius 2 is 1.95 bits per heavy atom. The van der Waals surface area contributed by atoms with Crippen LogP contribution in [-0.4, -0.2) is 16.2 Å². The minimum atomic E-state index is -0.149. The Morgan fingerprint density at radius 1 is 1.23 bits per heavy atom. The fourth-order valence-electron chi connectivity index (χ4n) is 2.28. The van der Waals surface area contributed by atoms with Gasteiger partial charge in [-0.15, -0.1) is 0 Å². The van der Waals surface area contributed by atoms with Crippen molar-refractivity contribution in [2.24, 2.45) is 0 Å². The molecule has 0 spiro atoms. The third kappa shape index (κ3) is 2.71. The molecule has 4 nitrogen and oxygen atoms in total. The van der Waals surface area contributed by atoms with Gasteiger partial charge in [-0.1, -0.05) is 15.9 Å². The normalized spacial score (nSPS) is 10.8. The largest absolute Gasteiger partial charge is 0.494 e. The molecular formula is C16H13BrN2O2S. The van der Waals surface area contributed by atoms with E-state index in [0.29, 0.717) is 22.5 Å². The van der Waals surface area contributed by atoms with Gasteiger partial charge in [-0.2, -0.15) is 0 Å². The van der Waals surface area contributed by atoms with Crippen LogP contribution in [0.5, 0.6) is 5.75 Å². The van der Waals surface area contributed by atoms with E-state index in [1.54, 1.807) is 6.07 Å². The Bertz CT molecular complexity index is 945. The van der Waals surface area contributed by atoms with E-state index >= 15 is 0 Å². The Labute approximate surface area is 140 Å². The van der Waals surface area contributed by atoms with E-state index in [2.05, 4.69) is 20.9 Å². The summed E-state index contributed by atoms with van der Waals surface area (Å²) in [4.78, 5) is 15.8. The topological polar surface area (TPSA) is 47.0 Å². The summed E-state index contributed by atoms with van der Waals surface area (Å²) in [7, 11) is 0. The first-order valence-corrected chi connectivity index (χ1v) is 7.98. The zero-order valence-electron chi connectivity index (χ0n) is 11.8. The molecule has 0 aliphatic carbocycles. The summed E-state index contributed by atoms with van der Waals surface area (Å²) in [6.07, 6.45) is 0. The van der Waals surface area contributed by atoms with E-state index in [9.17, 15) is 4.79 Å². The van der Waals surface area contributed by atoms with E-state index in [4.69, 9.17) is 17.0 Å². The predicted molar refractivity (Wildman–Crippen MR) is 93.6 cm³/mol. The van der Waals surface area contributed by atoms with Crippen LogP contribution in [0.2, 0.25) is 0 Å². The number of rotatable bonds is 3. The van der Waals surface area contributed by atoms with Crippen LogP contribution in [0.3, 0.4) is 0 Å².